The third-order valence-corrected chi connectivity index (χ3v) is 2.56. The van der Waals surface area contributed by atoms with Crippen LogP contribution in [0, 0.1) is 6.92 Å². The van der Waals surface area contributed by atoms with E-state index in [1.54, 1.807) is 12.4 Å². The first-order chi connectivity index (χ1) is 7.62. The van der Waals surface area contributed by atoms with E-state index in [-0.39, 0.29) is 6.61 Å². The fraction of sp³-hybridized carbons (Fsp3) is 0.500. The number of ether oxygens (including phenoxy) is 1. The van der Waals surface area contributed by atoms with Gasteiger partial charge in [-0.1, -0.05) is 0 Å². The summed E-state index contributed by atoms with van der Waals surface area (Å²) in [5.41, 5.74) is -0.160. The molecule has 0 aliphatic carbocycles. The molecule has 1 aromatic heterocycles. The van der Waals surface area contributed by atoms with E-state index in [0.717, 1.165) is 5.56 Å². The number of nitrogens with zero attached hydrogens (tertiary/aromatic N) is 2. The molecule has 1 fully saturated rings. The summed E-state index contributed by atoms with van der Waals surface area (Å²) < 4.78 is 5.12. The molecule has 2 heterocycles. The average Bonchev–Trinajstić information content (AvgIpc) is 2.71. The molecule has 0 amide bonds. The van der Waals surface area contributed by atoms with Crippen molar-refractivity contribution in [3.05, 3.63) is 18.0 Å². The van der Waals surface area contributed by atoms with Crippen molar-refractivity contribution in [2.75, 3.05) is 18.5 Å². The van der Waals surface area contributed by atoms with Crippen LogP contribution < -0.4 is 5.32 Å². The van der Waals surface area contributed by atoms with Crippen molar-refractivity contribution < 1.29 is 14.6 Å². The smallest absolute Gasteiger partial charge is 0.331 e. The second-order valence-electron chi connectivity index (χ2n) is 3.90. The maximum atomic E-state index is 11.2. The highest BCUT2D eigenvalue weighted by atomic mass is 16.5. The van der Waals surface area contributed by atoms with Crippen LogP contribution in [0.1, 0.15) is 12.0 Å². The number of hydrogen-bond donors (Lipinski definition) is 2. The molecule has 1 saturated heterocycles. The predicted molar refractivity (Wildman–Crippen MR) is 56.2 cm³/mol. The Morgan fingerprint density at radius 3 is 2.75 bits per heavy atom. The van der Waals surface area contributed by atoms with Crippen LogP contribution in [0.15, 0.2) is 12.4 Å². The SMILES string of the molecule is Cc1cnc(NC2(C(=O)O)CCOC2)nc1. The third kappa shape index (κ3) is 1.96. The van der Waals surface area contributed by atoms with E-state index in [1.165, 1.54) is 0 Å². The summed E-state index contributed by atoms with van der Waals surface area (Å²) in [5, 5.41) is 12.0. The largest absolute Gasteiger partial charge is 0.479 e. The van der Waals surface area contributed by atoms with Crippen LogP contribution in [-0.2, 0) is 9.53 Å². The molecule has 86 valence electrons. The van der Waals surface area contributed by atoms with E-state index < -0.39 is 11.5 Å². The van der Waals surface area contributed by atoms with Crippen molar-refractivity contribution in [1.29, 1.82) is 0 Å². The zero-order valence-corrected chi connectivity index (χ0v) is 8.93. The first-order valence-electron chi connectivity index (χ1n) is 5.00. The Morgan fingerprint density at radius 2 is 2.25 bits per heavy atom. The minimum Gasteiger partial charge on any atom is -0.479 e. The Labute approximate surface area is 92.7 Å². The molecule has 6 heteroatoms. The van der Waals surface area contributed by atoms with E-state index in [4.69, 9.17) is 4.74 Å². The molecule has 0 bridgehead atoms. The molecule has 1 unspecified atom stereocenters. The lowest BCUT2D eigenvalue weighted by Gasteiger charge is -2.23. The average molecular weight is 223 g/mol. The van der Waals surface area contributed by atoms with Gasteiger partial charge in [-0.3, -0.25) is 0 Å². The van der Waals surface area contributed by atoms with Gasteiger partial charge in [0.25, 0.3) is 0 Å². The van der Waals surface area contributed by atoms with Gasteiger partial charge in [0.1, 0.15) is 0 Å². The molecular formula is C10H13N3O3. The van der Waals surface area contributed by atoms with E-state index in [0.29, 0.717) is 19.0 Å². The molecule has 0 saturated carbocycles. The number of rotatable bonds is 3. The Kier molecular flexibility index (Phi) is 2.74. The van der Waals surface area contributed by atoms with Gasteiger partial charge >= 0.3 is 5.97 Å². The van der Waals surface area contributed by atoms with Crippen molar-refractivity contribution in [2.24, 2.45) is 0 Å². The quantitative estimate of drug-likeness (QED) is 0.773. The molecule has 0 spiro atoms. The number of aliphatic carboxylic acids is 1. The van der Waals surface area contributed by atoms with E-state index in [2.05, 4.69) is 15.3 Å². The molecule has 0 aromatic carbocycles. The number of aryl methyl sites for hydroxylation is 1. The molecule has 2 N–H and O–H groups in total. The van der Waals surface area contributed by atoms with Crippen LogP contribution in [-0.4, -0.2) is 39.8 Å². The second kappa shape index (κ2) is 4.05. The zero-order valence-electron chi connectivity index (χ0n) is 8.93. The third-order valence-electron chi connectivity index (χ3n) is 2.56. The normalized spacial score (nSPS) is 24.3. The highest BCUT2D eigenvalue weighted by molar-refractivity contribution is 5.82. The molecule has 1 aliphatic heterocycles. The molecular weight excluding hydrogens is 210 g/mol. The topological polar surface area (TPSA) is 84.3 Å². The summed E-state index contributed by atoms with van der Waals surface area (Å²) in [6.45, 7) is 2.44. The van der Waals surface area contributed by atoms with Crippen LogP contribution in [0.5, 0.6) is 0 Å². The fourth-order valence-electron chi connectivity index (χ4n) is 1.56. The lowest BCUT2D eigenvalue weighted by atomic mass is 9.99. The predicted octanol–water partition coefficient (Wildman–Crippen LogP) is 0.441. The van der Waals surface area contributed by atoms with Crippen LogP contribution in [0.4, 0.5) is 5.95 Å². The number of nitrogens with one attached hydrogen (secondary N) is 1. The minimum atomic E-state index is -1.09. The minimum absolute atomic E-state index is 0.138. The fourth-order valence-corrected chi connectivity index (χ4v) is 1.56. The van der Waals surface area contributed by atoms with Gasteiger partial charge in [-0.05, 0) is 12.5 Å². The number of anilines is 1. The van der Waals surface area contributed by atoms with Gasteiger partial charge < -0.3 is 15.2 Å². The van der Waals surface area contributed by atoms with E-state index in [1.807, 2.05) is 6.92 Å². The summed E-state index contributed by atoms with van der Waals surface area (Å²) >= 11 is 0. The first-order valence-corrected chi connectivity index (χ1v) is 5.00. The Hall–Kier alpha value is -1.69. The standard InChI is InChI=1S/C10H13N3O3/c1-7-4-11-9(12-5-7)13-10(8(14)15)2-3-16-6-10/h4-5H,2-3,6H2,1H3,(H,14,15)(H,11,12,13). The van der Waals surface area contributed by atoms with Crippen LogP contribution in [0.25, 0.3) is 0 Å². The van der Waals surface area contributed by atoms with Crippen molar-refractivity contribution in [3.8, 4) is 0 Å². The summed E-state index contributed by atoms with van der Waals surface area (Å²) in [6.07, 6.45) is 3.70. The molecule has 1 aliphatic rings. The Balaban J connectivity index is 2.18. The second-order valence-corrected chi connectivity index (χ2v) is 3.90. The Bertz CT molecular complexity index is 385. The number of carboxylic acid groups (broad SMARTS) is 1. The Morgan fingerprint density at radius 1 is 1.56 bits per heavy atom. The van der Waals surface area contributed by atoms with Gasteiger partial charge in [0.05, 0.1) is 6.61 Å². The lowest BCUT2D eigenvalue weighted by Crippen LogP contribution is -2.47. The van der Waals surface area contributed by atoms with Gasteiger partial charge in [0.2, 0.25) is 5.95 Å². The van der Waals surface area contributed by atoms with Crippen LogP contribution in [0.2, 0.25) is 0 Å². The molecule has 16 heavy (non-hydrogen) atoms. The molecule has 0 radical (unpaired) electrons. The lowest BCUT2D eigenvalue weighted by molar-refractivity contribution is -0.142. The summed E-state index contributed by atoms with van der Waals surface area (Å²) in [5.74, 6) is -0.618. The van der Waals surface area contributed by atoms with E-state index in [9.17, 15) is 9.90 Å². The number of hydrogen-bond acceptors (Lipinski definition) is 5. The molecule has 6 nitrogen and oxygen atoms in total. The summed E-state index contributed by atoms with van der Waals surface area (Å²) in [4.78, 5) is 19.3. The number of aromatic nitrogens is 2. The van der Waals surface area contributed by atoms with Crippen molar-refractivity contribution in [1.82, 2.24) is 9.97 Å². The van der Waals surface area contributed by atoms with Gasteiger partial charge in [0.15, 0.2) is 5.54 Å². The highest BCUT2D eigenvalue weighted by Gasteiger charge is 2.43. The van der Waals surface area contributed by atoms with Gasteiger partial charge in [-0.2, -0.15) is 0 Å². The van der Waals surface area contributed by atoms with Crippen LogP contribution >= 0.6 is 0 Å². The molecule has 2 rings (SSSR count). The van der Waals surface area contributed by atoms with Crippen molar-refractivity contribution in [3.63, 3.8) is 0 Å². The van der Waals surface area contributed by atoms with Gasteiger partial charge in [-0.15, -0.1) is 0 Å². The summed E-state index contributed by atoms with van der Waals surface area (Å²) in [7, 11) is 0. The maximum Gasteiger partial charge on any atom is 0.331 e. The van der Waals surface area contributed by atoms with Crippen molar-refractivity contribution >= 4 is 11.9 Å². The monoisotopic (exact) mass is 223 g/mol. The van der Waals surface area contributed by atoms with Crippen molar-refractivity contribution in [2.45, 2.75) is 18.9 Å². The molecule has 1 aromatic rings. The number of carbonyl (C=O) groups is 1. The summed E-state index contributed by atoms with van der Waals surface area (Å²) in [6, 6.07) is 0. The number of carboxylic acids is 1. The highest BCUT2D eigenvalue weighted by Crippen LogP contribution is 2.22. The van der Waals surface area contributed by atoms with Gasteiger partial charge in [0, 0.05) is 25.4 Å². The van der Waals surface area contributed by atoms with Gasteiger partial charge in [-0.25, -0.2) is 14.8 Å². The molecule has 1 atom stereocenters. The van der Waals surface area contributed by atoms with Crippen LogP contribution in [0.3, 0.4) is 0 Å². The maximum absolute atomic E-state index is 11.2. The zero-order chi connectivity index (χ0) is 11.6. The first kappa shape index (κ1) is 10.8. The van der Waals surface area contributed by atoms with E-state index >= 15 is 0 Å².